The molecule has 3 rings (SSSR count). The summed E-state index contributed by atoms with van der Waals surface area (Å²) in [6.45, 7) is 3.45. The van der Waals surface area contributed by atoms with Crippen molar-refractivity contribution >= 4 is 0 Å². The predicted octanol–water partition coefficient (Wildman–Crippen LogP) is 3.57. The Labute approximate surface area is 111 Å². The fraction of sp³-hybridized carbons (Fsp3) is 0.647. The van der Waals surface area contributed by atoms with Gasteiger partial charge in [0.2, 0.25) is 0 Å². The lowest BCUT2D eigenvalue weighted by molar-refractivity contribution is 0.333. The number of rotatable bonds is 6. The first-order chi connectivity index (χ1) is 8.86. The Balaban J connectivity index is 1.64. The summed E-state index contributed by atoms with van der Waals surface area (Å²) < 4.78 is 0. The van der Waals surface area contributed by atoms with E-state index in [1.165, 1.54) is 45.1 Å². The topological polar surface area (TPSA) is 12.0 Å². The van der Waals surface area contributed by atoms with Gasteiger partial charge in [0.05, 0.1) is 0 Å². The van der Waals surface area contributed by atoms with Gasteiger partial charge < -0.3 is 5.32 Å². The van der Waals surface area contributed by atoms with Gasteiger partial charge in [0.15, 0.2) is 0 Å². The largest absolute Gasteiger partial charge is 0.314 e. The normalized spacial score (nSPS) is 20.9. The van der Waals surface area contributed by atoms with Crippen molar-refractivity contribution in [1.29, 1.82) is 0 Å². The van der Waals surface area contributed by atoms with Gasteiger partial charge in [-0.3, -0.25) is 0 Å². The molecule has 0 radical (unpaired) electrons. The minimum Gasteiger partial charge on any atom is -0.314 e. The fourth-order valence-corrected chi connectivity index (χ4v) is 3.36. The number of fused-ring (bicyclic) bond motifs is 1. The van der Waals surface area contributed by atoms with E-state index in [-0.39, 0.29) is 0 Å². The summed E-state index contributed by atoms with van der Waals surface area (Å²) in [5.41, 5.74) is 3.20. The molecule has 1 aromatic carbocycles. The van der Waals surface area contributed by atoms with Crippen molar-refractivity contribution in [2.24, 2.45) is 11.8 Å². The maximum Gasteiger partial charge on any atom is 0.0104 e. The van der Waals surface area contributed by atoms with Gasteiger partial charge in [0.25, 0.3) is 0 Å². The Kier molecular flexibility index (Phi) is 3.69. The van der Waals surface area contributed by atoms with Crippen molar-refractivity contribution in [3.05, 3.63) is 35.4 Å². The van der Waals surface area contributed by atoms with E-state index in [0.29, 0.717) is 0 Å². The second kappa shape index (κ2) is 5.44. The Morgan fingerprint density at radius 2 is 1.83 bits per heavy atom. The third-order valence-corrected chi connectivity index (χ3v) is 4.59. The summed E-state index contributed by atoms with van der Waals surface area (Å²) >= 11 is 0. The van der Waals surface area contributed by atoms with Gasteiger partial charge in [-0.15, -0.1) is 0 Å². The van der Waals surface area contributed by atoms with Gasteiger partial charge in [-0.2, -0.15) is 0 Å². The SMILES string of the molecule is CCCNC(CC1CC1)C1Cc2ccccc2C1. The average Bonchev–Trinajstić information content (AvgIpc) is 3.10. The molecule has 2 aliphatic carbocycles. The van der Waals surface area contributed by atoms with E-state index in [2.05, 4.69) is 36.5 Å². The van der Waals surface area contributed by atoms with Crippen LogP contribution in [0, 0.1) is 11.8 Å². The maximum atomic E-state index is 3.82. The highest BCUT2D eigenvalue weighted by Crippen LogP contribution is 2.38. The molecule has 1 heteroatoms. The van der Waals surface area contributed by atoms with Crippen molar-refractivity contribution in [3.8, 4) is 0 Å². The smallest absolute Gasteiger partial charge is 0.0104 e. The van der Waals surface area contributed by atoms with Gasteiger partial charge in [0.1, 0.15) is 0 Å². The summed E-state index contributed by atoms with van der Waals surface area (Å²) in [5.74, 6) is 1.87. The second-order valence-corrected chi connectivity index (χ2v) is 6.18. The molecule has 1 aromatic rings. The molecule has 1 unspecified atom stereocenters. The first-order valence-corrected chi connectivity index (χ1v) is 7.67. The minimum absolute atomic E-state index is 0.754. The van der Waals surface area contributed by atoms with Gasteiger partial charge in [0, 0.05) is 6.04 Å². The number of hydrogen-bond donors (Lipinski definition) is 1. The highest BCUT2D eigenvalue weighted by Gasteiger charge is 2.32. The Morgan fingerprint density at radius 3 is 2.39 bits per heavy atom. The van der Waals surface area contributed by atoms with Crippen LogP contribution in [-0.4, -0.2) is 12.6 Å². The van der Waals surface area contributed by atoms with E-state index < -0.39 is 0 Å². The molecular weight excluding hydrogens is 218 g/mol. The number of benzene rings is 1. The zero-order valence-corrected chi connectivity index (χ0v) is 11.5. The molecule has 1 nitrogen and oxygen atoms in total. The molecule has 18 heavy (non-hydrogen) atoms. The lowest BCUT2D eigenvalue weighted by atomic mass is 9.92. The summed E-state index contributed by atoms with van der Waals surface area (Å²) in [7, 11) is 0. The van der Waals surface area contributed by atoms with Crippen molar-refractivity contribution in [2.45, 2.75) is 51.5 Å². The first-order valence-electron chi connectivity index (χ1n) is 7.67. The molecule has 0 aliphatic heterocycles. The molecule has 1 atom stereocenters. The van der Waals surface area contributed by atoms with Crippen molar-refractivity contribution in [3.63, 3.8) is 0 Å². The average molecular weight is 243 g/mol. The molecule has 1 saturated carbocycles. The summed E-state index contributed by atoms with van der Waals surface area (Å²) in [4.78, 5) is 0. The Hall–Kier alpha value is -0.820. The van der Waals surface area contributed by atoms with E-state index in [0.717, 1.165) is 17.9 Å². The van der Waals surface area contributed by atoms with Crippen LogP contribution in [0.5, 0.6) is 0 Å². The third kappa shape index (κ3) is 2.77. The molecular formula is C17H25N. The van der Waals surface area contributed by atoms with Crippen LogP contribution in [0.15, 0.2) is 24.3 Å². The van der Waals surface area contributed by atoms with E-state index in [4.69, 9.17) is 0 Å². The molecule has 0 bridgehead atoms. The zero-order chi connectivity index (χ0) is 12.4. The predicted molar refractivity (Wildman–Crippen MR) is 76.8 cm³/mol. The molecule has 1 fully saturated rings. The van der Waals surface area contributed by atoms with Crippen LogP contribution >= 0.6 is 0 Å². The summed E-state index contributed by atoms with van der Waals surface area (Å²) in [6, 6.07) is 9.78. The Bertz CT molecular complexity index is 369. The highest BCUT2D eigenvalue weighted by molar-refractivity contribution is 5.32. The lowest BCUT2D eigenvalue weighted by Crippen LogP contribution is -2.37. The molecule has 0 aromatic heterocycles. The van der Waals surface area contributed by atoms with Crippen LogP contribution < -0.4 is 5.32 Å². The van der Waals surface area contributed by atoms with Crippen molar-refractivity contribution in [2.75, 3.05) is 6.54 Å². The molecule has 0 saturated heterocycles. The molecule has 0 heterocycles. The van der Waals surface area contributed by atoms with E-state index in [1.54, 1.807) is 11.1 Å². The lowest BCUT2D eigenvalue weighted by Gasteiger charge is -2.24. The van der Waals surface area contributed by atoms with Crippen molar-refractivity contribution < 1.29 is 0 Å². The quantitative estimate of drug-likeness (QED) is 0.805. The standard InChI is InChI=1S/C17H25N/c1-2-9-18-17(10-13-7-8-13)16-11-14-5-3-4-6-15(14)12-16/h3-6,13,16-18H,2,7-12H2,1H3. The molecule has 1 N–H and O–H groups in total. The van der Waals surface area contributed by atoms with Crippen LogP contribution in [0.1, 0.15) is 43.7 Å². The fourth-order valence-electron chi connectivity index (χ4n) is 3.36. The highest BCUT2D eigenvalue weighted by atomic mass is 14.9. The van der Waals surface area contributed by atoms with Crippen LogP contribution in [0.3, 0.4) is 0 Å². The van der Waals surface area contributed by atoms with Crippen LogP contribution in [0.25, 0.3) is 0 Å². The van der Waals surface area contributed by atoms with Gasteiger partial charge in [-0.25, -0.2) is 0 Å². The zero-order valence-electron chi connectivity index (χ0n) is 11.5. The number of nitrogens with one attached hydrogen (secondary N) is 1. The maximum absolute atomic E-state index is 3.82. The summed E-state index contributed by atoms with van der Waals surface area (Å²) in [6.07, 6.45) is 8.21. The van der Waals surface area contributed by atoms with Gasteiger partial charge >= 0.3 is 0 Å². The minimum atomic E-state index is 0.754. The monoisotopic (exact) mass is 243 g/mol. The van der Waals surface area contributed by atoms with Crippen LogP contribution in [0.4, 0.5) is 0 Å². The number of hydrogen-bond acceptors (Lipinski definition) is 1. The summed E-state index contributed by atoms with van der Waals surface area (Å²) in [5, 5.41) is 3.82. The van der Waals surface area contributed by atoms with Gasteiger partial charge in [-0.1, -0.05) is 44.0 Å². The molecule has 98 valence electrons. The van der Waals surface area contributed by atoms with E-state index >= 15 is 0 Å². The van der Waals surface area contributed by atoms with E-state index in [1.807, 2.05) is 0 Å². The molecule has 0 spiro atoms. The van der Waals surface area contributed by atoms with Gasteiger partial charge in [-0.05, 0) is 55.2 Å². The van der Waals surface area contributed by atoms with E-state index in [9.17, 15) is 0 Å². The second-order valence-electron chi connectivity index (χ2n) is 6.18. The van der Waals surface area contributed by atoms with Crippen LogP contribution in [0.2, 0.25) is 0 Å². The molecule has 0 amide bonds. The Morgan fingerprint density at radius 1 is 1.17 bits per heavy atom. The first kappa shape index (κ1) is 12.2. The third-order valence-electron chi connectivity index (χ3n) is 4.59. The van der Waals surface area contributed by atoms with Crippen LogP contribution in [-0.2, 0) is 12.8 Å². The van der Waals surface area contributed by atoms with Crippen molar-refractivity contribution in [1.82, 2.24) is 5.32 Å². The molecule has 2 aliphatic rings.